The van der Waals surface area contributed by atoms with Crippen LogP contribution in [0.5, 0.6) is 0 Å². The lowest BCUT2D eigenvalue weighted by atomic mass is 10.1. The van der Waals surface area contributed by atoms with Crippen LogP contribution in [-0.4, -0.2) is 53.2 Å². The minimum absolute atomic E-state index is 0.0125. The summed E-state index contributed by atoms with van der Waals surface area (Å²) in [5, 5.41) is 16.3. The van der Waals surface area contributed by atoms with Crippen LogP contribution in [0.25, 0.3) is 20.5 Å². The molecule has 1 aromatic carbocycles. The van der Waals surface area contributed by atoms with E-state index >= 15 is 0 Å². The van der Waals surface area contributed by atoms with Crippen LogP contribution in [-0.2, 0) is 0 Å². The van der Waals surface area contributed by atoms with Crippen molar-refractivity contribution < 1.29 is 14.7 Å². The number of fused-ring (bicyclic) bond motifs is 1. The number of rotatable bonds is 4. The van der Waals surface area contributed by atoms with E-state index in [1.54, 1.807) is 24.6 Å². The normalized spacial score (nSPS) is 16.6. The van der Waals surface area contributed by atoms with Crippen LogP contribution in [0.3, 0.4) is 0 Å². The second kappa shape index (κ2) is 8.08. The SMILES string of the molecule is CNC(=O)c1cnc(N[C@H]2CCCN(C(=O)O)C2)c2cc(-c3ccccc3)sc12. The Balaban J connectivity index is 1.73. The molecule has 2 amide bonds. The van der Waals surface area contributed by atoms with Gasteiger partial charge in [-0.3, -0.25) is 4.79 Å². The Kier molecular flexibility index (Phi) is 5.35. The molecule has 0 spiro atoms. The monoisotopic (exact) mass is 410 g/mol. The molecule has 3 N–H and O–H groups in total. The molecule has 0 unspecified atom stereocenters. The number of carboxylic acid groups (broad SMARTS) is 1. The number of carbonyl (C=O) groups is 2. The largest absolute Gasteiger partial charge is 0.465 e. The summed E-state index contributed by atoms with van der Waals surface area (Å²) in [6, 6.07) is 12.1. The van der Waals surface area contributed by atoms with E-state index in [0.717, 1.165) is 33.4 Å². The van der Waals surface area contributed by atoms with Crippen molar-refractivity contribution in [3.8, 4) is 10.4 Å². The van der Waals surface area contributed by atoms with Gasteiger partial charge in [0.2, 0.25) is 0 Å². The maximum atomic E-state index is 12.4. The van der Waals surface area contributed by atoms with E-state index in [4.69, 9.17) is 0 Å². The van der Waals surface area contributed by atoms with Gasteiger partial charge in [-0.25, -0.2) is 9.78 Å². The molecule has 3 aromatic rings. The predicted molar refractivity (Wildman–Crippen MR) is 115 cm³/mol. The number of thiophene rings is 1. The van der Waals surface area contributed by atoms with E-state index < -0.39 is 6.09 Å². The minimum Gasteiger partial charge on any atom is -0.465 e. The van der Waals surface area contributed by atoms with Crippen molar-refractivity contribution in [2.75, 3.05) is 25.5 Å². The molecule has 1 fully saturated rings. The summed E-state index contributed by atoms with van der Waals surface area (Å²) < 4.78 is 0.867. The lowest BCUT2D eigenvalue weighted by molar-refractivity contribution is 0.0964. The summed E-state index contributed by atoms with van der Waals surface area (Å²) in [5.41, 5.74) is 1.62. The Morgan fingerprint density at radius 1 is 1.28 bits per heavy atom. The summed E-state index contributed by atoms with van der Waals surface area (Å²) in [4.78, 5) is 30.7. The van der Waals surface area contributed by atoms with Crippen molar-refractivity contribution in [2.45, 2.75) is 18.9 Å². The molecule has 7 nitrogen and oxygen atoms in total. The molecular weight excluding hydrogens is 388 g/mol. The standard InChI is InChI=1S/C21H22N4O3S/c1-22-20(26)16-11-23-19(24-14-8-5-9-25(12-14)21(27)28)15-10-17(29-18(15)16)13-6-3-2-4-7-13/h2-4,6-7,10-11,14H,5,8-9,12H2,1H3,(H,22,26)(H,23,24)(H,27,28)/t14-/m0/s1. The van der Waals surface area contributed by atoms with E-state index in [1.807, 2.05) is 30.3 Å². The fourth-order valence-electron chi connectivity index (χ4n) is 3.64. The highest BCUT2D eigenvalue weighted by Crippen LogP contribution is 2.38. The first-order chi connectivity index (χ1) is 14.1. The van der Waals surface area contributed by atoms with Gasteiger partial charge in [-0.15, -0.1) is 11.3 Å². The minimum atomic E-state index is -0.897. The van der Waals surface area contributed by atoms with Gasteiger partial charge in [0.15, 0.2) is 0 Å². The summed E-state index contributed by atoms with van der Waals surface area (Å²) in [6.45, 7) is 0.980. The lowest BCUT2D eigenvalue weighted by Crippen LogP contribution is -2.44. The van der Waals surface area contributed by atoms with Crippen molar-refractivity contribution in [2.24, 2.45) is 0 Å². The quantitative estimate of drug-likeness (QED) is 0.607. The number of likely N-dealkylation sites (tertiary alicyclic amines) is 1. The van der Waals surface area contributed by atoms with Crippen molar-refractivity contribution in [1.82, 2.24) is 15.2 Å². The maximum absolute atomic E-state index is 12.4. The molecular formula is C21H22N4O3S. The molecule has 3 heterocycles. The topological polar surface area (TPSA) is 94.6 Å². The highest BCUT2D eigenvalue weighted by Gasteiger charge is 2.25. The van der Waals surface area contributed by atoms with Gasteiger partial charge in [-0.1, -0.05) is 30.3 Å². The molecule has 1 atom stereocenters. The van der Waals surface area contributed by atoms with Gasteiger partial charge in [0.25, 0.3) is 5.91 Å². The third kappa shape index (κ3) is 3.88. The predicted octanol–water partition coefficient (Wildman–Crippen LogP) is 3.88. The van der Waals surface area contributed by atoms with Gasteiger partial charge in [0, 0.05) is 42.6 Å². The zero-order valence-electron chi connectivity index (χ0n) is 16.0. The molecule has 1 saturated heterocycles. The molecule has 0 saturated carbocycles. The first-order valence-electron chi connectivity index (χ1n) is 9.51. The van der Waals surface area contributed by atoms with Crippen LogP contribution in [0, 0.1) is 0 Å². The molecule has 4 rings (SSSR count). The highest BCUT2D eigenvalue weighted by atomic mass is 32.1. The molecule has 1 aliphatic heterocycles. The van der Waals surface area contributed by atoms with Crippen molar-refractivity contribution in [3.05, 3.63) is 48.2 Å². The number of benzene rings is 1. The Labute approximate surface area is 172 Å². The molecule has 150 valence electrons. The second-order valence-corrected chi connectivity index (χ2v) is 8.08. The maximum Gasteiger partial charge on any atom is 0.407 e. The number of amides is 2. The van der Waals surface area contributed by atoms with Crippen LogP contribution in [0.2, 0.25) is 0 Å². The Bertz CT molecular complexity index is 1050. The fourth-order valence-corrected chi connectivity index (χ4v) is 4.81. The molecule has 1 aliphatic rings. The van der Waals surface area contributed by atoms with Crippen LogP contribution in [0.15, 0.2) is 42.6 Å². The Morgan fingerprint density at radius 3 is 2.79 bits per heavy atom. The van der Waals surface area contributed by atoms with Gasteiger partial charge in [0.1, 0.15) is 5.82 Å². The summed E-state index contributed by atoms with van der Waals surface area (Å²) in [5.74, 6) is 0.508. The number of nitrogens with zero attached hydrogens (tertiary/aromatic N) is 2. The molecule has 0 bridgehead atoms. The number of piperidine rings is 1. The van der Waals surface area contributed by atoms with Crippen molar-refractivity contribution in [1.29, 1.82) is 0 Å². The number of pyridine rings is 1. The van der Waals surface area contributed by atoms with E-state index in [1.165, 1.54) is 4.90 Å². The molecule has 8 heteroatoms. The van der Waals surface area contributed by atoms with Crippen LogP contribution >= 0.6 is 11.3 Å². The van der Waals surface area contributed by atoms with Crippen LogP contribution < -0.4 is 10.6 Å². The highest BCUT2D eigenvalue weighted by molar-refractivity contribution is 7.22. The van der Waals surface area contributed by atoms with E-state index in [-0.39, 0.29) is 11.9 Å². The van der Waals surface area contributed by atoms with Gasteiger partial charge >= 0.3 is 6.09 Å². The van der Waals surface area contributed by atoms with Gasteiger partial charge in [-0.05, 0) is 24.5 Å². The third-order valence-electron chi connectivity index (χ3n) is 5.12. The van der Waals surface area contributed by atoms with E-state index in [9.17, 15) is 14.7 Å². The van der Waals surface area contributed by atoms with Gasteiger partial charge in [-0.2, -0.15) is 0 Å². The van der Waals surface area contributed by atoms with E-state index in [0.29, 0.717) is 24.5 Å². The summed E-state index contributed by atoms with van der Waals surface area (Å²) in [6.07, 6.45) is 2.38. The number of anilines is 1. The van der Waals surface area contributed by atoms with Crippen molar-refractivity contribution in [3.63, 3.8) is 0 Å². The molecule has 2 aromatic heterocycles. The number of aromatic nitrogens is 1. The lowest BCUT2D eigenvalue weighted by Gasteiger charge is -2.31. The first-order valence-corrected chi connectivity index (χ1v) is 10.3. The number of carbonyl (C=O) groups excluding carboxylic acids is 1. The van der Waals surface area contributed by atoms with Crippen LogP contribution in [0.1, 0.15) is 23.2 Å². The number of hydrogen-bond donors (Lipinski definition) is 3. The van der Waals surface area contributed by atoms with Crippen molar-refractivity contribution >= 4 is 39.2 Å². The Hall–Kier alpha value is -3.13. The van der Waals surface area contributed by atoms with E-state index in [2.05, 4.69) is 21.7 Å². The molecule has 0 aliphatic carbocycles. The zero-order valence-corrected chi connectivity index (χ0v) is 16.8. The summed E-state index contributed by atoms with van der Waals surface area (Å²) >= 11 is 1.56. The molecule has 29 heavy (non-hydrogen) atoms. The fraction of sp³-hybridized carbons (Fsp3) is 0.286. The Morgan fingerprint density at radius 2 is 2.07 bits per heavy atom. The smallest absolute Gasteiger partial charge is 0.407 e. The second-order valence-electron chi connectivity index (χ2n) is 7.03. The average Bonchev–Trinajstić information content (AvgIpc) is 3.20. The zero-order chi connectivity index (χ0) is 20.4. The number of nitrogens with one attached hydrogen (secondary N) is 2. The van der Waals surface area contributed by atoms with Crippen LogP contribution in [0.4, 0.5) is 10.6 Å². The third-order valence-corrected chi connectivity index (χ3v) is 6.33. The molecule has 0 radical (unpaired) electrons. The average molecular weight is 410 g/mol. The van der Waals surface area contributed by atoms with Gasteiger partial charge in [0.05, 0.1) is 10.3 Å². The number of hydrogen-bond acceptors (Lipinski definition) is 5. The summed E-state index contributed by atoms with van der Waals surface area (Å²) in [7, 11) is 1.61. The van der Waals surface area contributed by atoms with Gasteiger partial charge < -0.3 is 20.6 Å². The first kappa shape index (κ1) is 19.2.